The molecule has 1 aliphatic rings. The molecule has 0 spiro atoms. The zero-order valence-electron chi connectivity index (χ0n) is 8.97. The Morgan fingerprint density at radius 2 is 2.06 bits per heavy atom. The lowest BCUT2D eigenvalue weighted by Crippen LogP contribution is -2.36. The highest BCUT2D eigenvalue weighted by Gasteiger charge is 2.15. The second kappa shape index (κ2) is 3.68. The van der Waals surface area contributed by atoms with E-state index in [2.05, 4.69) is 10.00 Å². The largest absolute Gasteiger partial charge is 0.395 e. The molecule has 0 amide bonds. The summed E-state index contributed by atoms with van der Waals surface area (Å²) in [5, 5.41) is 4.16. The molecule has 5 heteroatoms. The van der Waals surface area contributed by atoms with Crippen molar-refractivity contribution in [3.8, 4) is 0 Å². The molecule has 0 atom stereocenters. The van der Waals surface area contributed by atoms with Crippen molar-refractivity contribution < 1.29 is 4.74 Å². The van der Waals surface area contributed by atoms with Crippen LogP contribution in [0.1, 0.15) is 0 Å². The molecular formula is C11H14N4O. The lowest BCUT2D eigenvalue weighted by atomic mass is 10.2. The zero-order chi connectivity index (χ0) is 11.0. The smallest absolute Gasteiger partial charge is 0.0912 e. The SMILES string of the molecule is Nc1c(N2CCOCC2)ccn2nccc12. The van der Waals surface area contributed by atoms with Gasteiger partial charge in [0, 0.05) is 19.3 Å². The fourth-order valence-electron chi connectivity index (χ4n) is 2.09. The first-order valence-electron chi connectivity index (χ1n) is 5.41. The number of hydrogen-bond donors (Lipinski definition) is 1. The lowest BCUT2D eigenvalue weighted by molar-refractivity contribution is 0.123. The summed E-state index contributed by atoms with van der Waals surface area (Å²) in [6.07, 6.45) is 3.70. The summed E-state index contributed by atoms with van der Waals surface area (Å²) in [5.41, 5.74) is 8.99. The maximum Gasteiger partial charge on any atom is 0.0912 e. The molecule has 0 bridgehead atoms. The average Bonchev–Trinajstić information content (AvgIpc) is 2.80. The standard InChI is InChI=1S/C11H14N4O/c12-11-9(14-5-7-16-8-6-14)2-4-15-10(11)1-3-13-15/h1-4H,5-8,12H2. The van der Waals surface area contributed by atoms with Gasteiger partial charge in [-0.25, -0.2) is 4.52 Å². The van der Waals surface area contributed by atoms with E-state index in [0.717, 1.165) is 43.2 Å². The van der Waals surface area contributed by atoms with Gasteiger partial charge in [-0.15, -0.1) is 0 Å². The number of ether oxygens (including phenoxy) is 1. The monoisotopic (exact) mass is 218 g/mol. The molecule has 1 aliphatic heterocycles. The van der Waals surface area contributed by atoms with Crippen molar-refractivity contribution in [2.24, 2.45) is 0 Å². The number of nitrogen functional groups attached to an aromatic ring is 1. The highest BCUT2D eigenvalue weighted by molar-refractivity contribution is 5.82. The van der Waals surface area contributed by atoms with Gasteiger partial charge in [-0.3, -0.25) is 0 Å². The predicted octanol–water partition coefficient (Wildman–Crippen LogP) is 0.753. The molecule has 2 aromatic rings. The fraction of sp³-hybridized carbons (Fsp3) is 0.364. The van der Waals surface area contributed by atoms with Crippen LogP contribution in [0.5, 0.6) is 0 Å². The second-order valence-corrected chi connectivity index (χ2v) is 3.88. The van der Waals surface area contributed by atoms with Gasteiger partial charge in [0.2, 0.25) is 0 Å². The van der Waals surface area contributed by atoms with Crippen LogP contribution in [0.2, 0.25) is 0 Å². The summed E-state index contributed by atoms with van der Waals surface area (Å²) >= 11 is 0. The minimum Gasteiger partial charge on any atom is -0.395 e. The minimum atomic E-state index is 0.768. The molecule has 0 aromatic carbocycles. The van der Waals surface area contributed by atoms with E-state index in [0.29, 0.717) is 0 Å². The first-order chi connectivity index (χ1) is 7.86. The van der Waals surface area contributed by atoms with Gasteiger partial charge in [0.15, 0.2) is 0 Å². The van der Waals surface area contributed by atoms with Crippen LogP contribution in [0.25, 0.3) is 5.52 Å². The van der Waals surface area contributed by atoms with Gasteiger partial charge in [0.05, 0.1) is 36.3 Å². The number of anilines is 2. The fourth-order valence-corrected chi connectivity index (χ4v) is 2.09. The third-order valence-corrected chi connectivity index (χ3v) is 2.95. The average molecular weight is 218 g/mol. The Morgan fingerprint density at radius 1 is 1.25 bits per heavy atom. The van der Waals surface area contributed by atoms with Crippen molar-refractivity contribution in [2.75, 3.05) is 36.9 Å². The van der Waals surface area contributed by atoms with Crippen LogP contribution >= 0.6 is 0 Å². The van der Waals surface area contributed by atoms with E-state index in [9.17, 15) is 0 Å². The topological polar surface area (TPSA) is 55.8 Å². The van der Waals surface area contributed by atoms with Crippen molar-refractivity contribution in [3.05, 3.63) is 24.5 Å². The molecule has 1 saturated heterocycles. The van der Waals surface area contributed by atoms with E-state index in [1.807, 2.05) is 18.3 Å². The van der Waals surface area contributed by atoms with Crippen molar-refractivity contribution in [3.63, 3.8) is 0 Å². The number of fused-ring (bicyclic) bond motifs is 1. The van der Waals surface area contributed by atoms with Gasteiger partial charge in [-0.1, -0.05) is 0 Å². The first-order valence-corrected chi connectivity index (χ1v) is 5.41. The quantitative estimate of drug-likeness (QED) is 0.767. The number of aromatic nitrogens is 2. The van der Waals surface area contributed by atoms with E-state index >= 15 is 0 Å². The van der Waals surface area contributed by atoms with E-state index in [1.54, 1.807) is 10.7 Å². The summed E-state index contributed by atoms with van der Waals surface area (Å²) in [7, 11) is 0. The third kappa shape index (κ3) is 1.40. The van der Waals surface area contributed by atoms with Crippen molar-refractivity contribution in [2.45, 2.75) is 0 Å². The Morgan fingerprint density at radius 3 is 2.88 bits per heavy atom. The lowest BCUT2D eigenvalue weighted by Gasteiger charge is -2.29. The maximum atomic E-state index is 6.15. The van der Waals surface area contributed by atoms with Crippen LogP contribution in [0, 0.1) is 0 Å². The summed E-state index contributed by atoms with van der Waals surface area (Å²) in [4.78, 5) is 2.26. The molecule has 2 aromatic heterocycles. The Bertz CT molecular complexity index is 502. The molecule has 1 fully saturated rings. The highest BCUT2D eigenvalue weighted by Crippen LogP contribution is 2.27. The van der Waals surface area contributed by atoms with Gasteiger partial charge >= 0.3 is 0 Å². The van der Waals surface area contributed by atoms with Gasteiger partial charge < -0.3 is 15.4 Å². The molecule has 5 nitrogen and oxygen atoms in total. The molecule has 2 N–H and O–H groups in total. The Labute approximate surface area is 93.4 Å². The highest BCUT2D eigenvalue weighted by atomic mass is 16.5. The van der Waals surface area contributed by atoms with Crippen molar-refractivity contribution in [1.82, 2.24) is 9.61 Å². The summed E-state index contributed by atoms with van der Waals surface area (Å²) in [6.45, 7) is 3.33. The van der Waals surface area contributed by atoms with E-state index in [1.165, 1.54) is 0 Å². The van der Waals surface area contributed by atoms with Crippen molar-refractivity contribution >= 4 is 16.9 Å². The Hall–Kier alpha value is -1.75. The maximum absolute atomic E-state index is 6.15. The van der Waals surface area contributed by atoms with E-state index < -0.39 is 0 Å². The van der Waals surface area contributed by atoms with Crippen LogP contribution in [0.15, 0.2) is 24.5 Å². The minimum absolute atomic E-state index is 0.768. The van der Waals surface area contributed by atoms with Crippen LogP contribution in [0.4, 0.5) is 11.4 Å². The zero-order valence-corrected chi connectivity index (χ0v) is 8.97. The number of rotatable bonds is 1. The molecule has 0 aliphatic carbocycles. The van der Waals surface area contributed by atoms with Crippen LogP contribution in [0.3, 0.4) is 0 Å². The second-order valence-electron chi connectivity index (χ2n) is 3.88. The predicted molar refractivity (Wildman–Crippen MR) is 62.6 cm³/mol. The summed E-state index contributed by atoms with van der Waals surface area (Å²) in [6, 6.07) is 3.94. The number of pyridine rings is 1. The van der Waals surface area contributed by atoms with Gasteiger partial charge in [0.1, 0.15) is 0 Å². The van der Waals surface area contributed by atoms with Crippen LogP contribution in [-0.4, -0.2) is 35.9 Å². The Kier molecular flexibility index (Phi) is 2.18. The molecular weight excluding hydrogens is 204 g/mol. The van der Waals surface area contributed by atoms with Crippen LogP contribution < -0.4 is 10.6 Å². The van der Waals surface area contributed by atoms with E-state index in [4.69, 9.17) is 10.5 Å². The third-order valence-electron chi connectivity index (χ3n) is 2.95. The van der Waals surface area contributed by atoms with Gasteiger partial charge in [-0.2, -0.15) is 5.10 Å². The van der Waals surface area contributed by atoms with Gasteiger partial charge in [-0.05, 0) is 12.1 Å². The number of morpholine rings is 1. The van der Waals surface area contributed by atoms with Crippen LogP contribution in [-0.2, 0) is 4.74 Å². The van der Waals surface area contributed by atoms with Gasteiger partial charge in [0.25, 0.3) is 0 Å². The molecule has 3 rings (SSSR count). The normalized spacial score (nSPS) is 16.9. The molecule has 3 heterocycles. The number of hydrogen-bond acceptors (Lipinski definition) is 4. The molecule has 84 valence electrons. The number of nitrogens with zero attached hydrogens (tertiary/aromatic N) is 3. The molecule has 0 radical (unpaired) electrons. The molecule has 0 saturated carbocycles. The number of nitrogens with two attached hydrogens (primary N) is 1. The summed E-state index contributed by atoms with van der Waals surface area (Å²) < 4.78 is 7.12. The summed E-state index contributed by atoms with van der Waals surface area (Å²) in [5.74, 6) is 0. The molecule has 16 heavy (non-hydrogen) atoms. The Balaban J connectivity index is 2.05. The molecule has 0 unspecified atom stereocenters. The van der Waals surface area contributed by atoms with E-state index in [-0.39, 0.29) is 0 Å². The van der Waals surface area contributed by atoms with Crippen molar-refractivity contribution in [1.29, 1.82) is 0 Å². The first kappa shape index (κ1) is 9.47.